The molecule has 6 nitrogen and oxygen atoms in total. The number of anilines is 1. The van der Waals surface area contributed by atoms with E-state index in [2.05, 4.69) is 15.6 Å². The Hall–Kier alpha value is -2.78. The van der Waals surface area contributed by atoms with Gasteiger partial charge in [-0.25, -0.2) is 14.2 Å². The number of urea groups is 1. The maximum atomic E-state index is 13.3. The maximum absolute atomic E-state index is 13.3. The third-order valence-electron chi connectivity index (χ3n) is 5.20. The Kier molecular flexibility index (Phi) is 6.62. The molecule has 162 valence electrons. The fourth-order valence-electron chi connectivity index (χ4n) is 3.64. The van der Waals surface area contributed by atoms with E-state index in [-0.39, 0.29) is 17.9 Å². The number of benzene rings is 1. The van der Waals surface area contributed by atoms with Crippen LogP contribution in [0.15, 0.2) is 41.1 Å². The van der Waals surface area contributed by atoms with E-state index in [1.165, 1.54) is 23.5 Å². The van der Waals surface area contributed by atoms with Crippen molar-refractivity contribution in [3.63, 3.8) is 0 Å². The molecule has 0 saturated carbocycles. The smallest absolute Gasteiger partial charge is 0.319 e. The van der Waals surface area contributed by atoms with Crippen molar-refractivity contribution in [3.8, 4) is 10.6 Å². The minimum atomic E-state index is -0.403. The molecule has 1 fully saturated rings. The summed E-state index contributed by atoms with van der Waals surface area (Å²) in [5, 5.41) is 10.4. The molecule has 1 atom stereocenters. The molecule has 9 heteroatoms. The zero-order valence-corrected chi connectivity index (χ0v) is 18.7. The highest BCUT2D eigenvalue weighted by Crippen LogP contribution is 2.31. The van der Waals surface area contributed by atoms with Gasteiger partial charge in [0.1, 0.15) is 15.7 Å². The second-order valence-corrected chi connectivity index (χ2v) is 9.33. The summed E-state index contributed by atoms with van der Waals surface area (Å²) in [5.74, 6) is -0.231. The molecule has 2 N–H and O–H groups in total. The van der Waals surface area contributed by atoms with Gasteiger partial charge in [0.2, 0.25) is 0 Å². The number of carbonyl (C=O) groups is 2. The Labute approximate surface area is 188 Å². The molecule has 0 radical (unpaired) electrons. The molecule has 0 spiro atoms. The van der Waals surface area contributed by atoms with Crippen LogP contribution in [0.4, 0.5) is 14.9 Å². The van der Waals surface area contributed by atoms with Gasteiger partial charge in [0.25, 0.3) is 5.91 Å². The molecular formula is C22H23FN4O2S2. The fraction of sp³-hybridized carbons (Fsp3) is 0.318. The van der Waals surface area contributed by atoms with Crippen LogP contribution >= 0.6 is 22.7 Å². The highest BCUT2D eigenvalue weighted by Gasteiger charge is 2.27. The van der Waals surface area contributed by atoms with Gasteiger partial charge in [-0.2, -0.15) is 11.3 Å². The van der Waals surface area contributed by atoms with Gasteiger partial charge in [-0.3, -0.25) is 4.79 Å². The van der Waals surface area contributed by atoms with Crippen LogP contribution in [-0.4, -0.2) is 41.5 Å². The molecule has 2 aromatic heterocycles. The van der Waals surface area contributed by atoms with Crippen molar-refractivity contribution in [2.45, 2.75) is 19.8 Å². The molecule has 0 bridgehead atoms. The van der Waals surface area contributed by atoms with E-state index in [9.17, 15) is 14.0 Å². The first-order valence-corrected chi connectivity index (χ1v) is 11.8. The number of thiophene rings is 1. The summed E-state index contributed by atoms with van der Waals surface area (Å²) in [4.78, 5) is 32.4. The van der Waals surface area contributed by atoms with Crippen molar-refractivity contribution in [3.05, 3.63) is 57.5 Å². The maximum Gasteiger partial charge on any atom is 0.319 e. The van der Waals surface area contributed by atoms with Gasteiger partial charge in [-0.05, 0) is 55.3 Å². The van der Waals surface area contributed by atoms with E-state index >= 15 is 0 Å². The molecular weight excluding hydrogens is 435 g/mol. The molecule has 4 rings (SSSR count). The lowest BCUT2D eigenvalue weighted by Crippen LogP contribution is -2.44. The van der Waals surface area contributed by atoms with Crippen molar-refractivity contribution in [2.24, 2.45) is 5.92 Å². The number of nitrogens with zero attached hydrogens (tertiary/aromatic N) is 2. The predicted molar refractivity (Wildman–Crippen MR) is 122 cm³/mol. The van der Waals surface area contributed by atoms with Crippen molar-refractivity contribution in [1.29, 1.82) is 0 Å². The Morgan fingerprint density at radius 1 is 1.32 bits per heavy atom. The van der Waals surface area contributed by atoms with E-state index < -0.39 is 5.82 Å². The van der Waals surface area contributed by atoms with Gasteiger partial charge in [0.05, 0.1) is 5.69 Å². The summed E-state index contributed by atoms with van der Waals surface area (Å²) < 4.78 is 13.3. The SMILES string of the molecule is Cc1nc(-c2ccsc2)sc1C(=O)N1CCCC(CNC(=O)Nc2cccc(F)c2)C1. The average molecular weight is 459 g/mol. The summed E-state index contributed by atoms with van der Waals surface area (Å²) in [6.07, 6.45) is 1.82. The minimum Gasteiger partial charge on any atom is -0.338 e. The predicted octanol–water partition coefficient (Wildman–Crippen LogP) is 4.99. The Morgan fingerprint density at radius 2 is 2.19 bits per heavy atom. The summed E-state index contributed by atoms with van der Waals surface area (Å²) in [5.41, 5.74) is 2.20. The molecule has 3 heterocycles. The highest BCUT2D eigenvalue weighted by molar-refractivity contribution is 7.17. The lowest BCUT2D eigenvalue weighted by molar-refractivity contribution is 0.0679. The van der Waals surface area contributed by atoms with Gasteiger partial charge in [0, 0.05) is 36.3 Å². The van der Waals surface area contributed by atoms with Crippen LogP contribution in [0.25, 0.3) is 10.6 Å². The van der Waals surface area contributed by atoms with Crippen LogP contribution in [0.1, 0.15) is 28.2 Å². The van der Waals surface area contributed by atoms with Crippen molar-refractivity contribution < 1.29 is 14.0 Å². The number of nitrogens with one attached hydrogen (secondary N) is 2. The van der Waals surface area contributed by atoms with Crippen molar-refractivity contribution in [2.75, 3.05) is 25.0 Å². The number of aryl methyl sites for hydroxylation is 1. The molecule has 31 heavy (non-hydrogen) atoms. The third kappa shape index (κ3) is 5.29. The van der Waals surface area contributed by atoms with E-state index in [1.54, 1.807) is 23.5 Å². The molecule has 3 aromatic rings. The summed E-state index contributed by atoms with van der Waals surface area (Å²) in [7, 11) is 0. The summed E-state index contributed by atoms with van der Waals surface area (Å²) in [6, 6.07) is 7.39. The largest absolute Gasteiger partial charge is 0.338 e. The Morgan fingerprint density at radius 3 is 2.97 bits per heavy atom. The molecule has 3 amide bonds. The van der Waals surface area contributed by atoms with Crippen molar-refractivity contribution in [1.82, 2.24) is 15.2 Å². The van der Waals surface area contributed by atoms with Gasteiger partial charge < -0.3 is 15.5 Å². The zero-order chi connectivity index (χ0) is 21.8. The number of likely N-dealkylation sites (tertiary alicyclic amines) is 1. The van der Waals surface area contributed by atoms with Gasteiger partial charge >= 0.3 is 6.03 Å². The molecule has 1 aliphatic heterocycles. The average Bonchev–Trinajstić information content (AvgIpc) is 3.42. The van der Waals surface area contributed by atoms with E-state index in [4.69, 9.17) is 0 Å². The number of aromatic nitrogens is 1. The highest BCUT2D eigenvalue weighted by atomic mass is 32.1. The molecule has 1 aromatic carbocycles. The zero-order valence-electron chi connectivity index (χ0n) is 17.1. The number of halogens is 1. The normalized spacial score (nSPS) is 16.2. The standard InChI is InChI=1S/C22H23FN4O2S2/c1-14-19(31-20(25-14)16-7-9-30-13-16)21(28)27-8-3-4-15(12-27)11-24-22(29)26-18-6-2-5-17(23)10-18/h2,5-7,9-10,13,15H,3-4,8,11-12H2,1H3,(H2,24,26,29). The van der Waals surface area contributed by atoms with Gasteiger partial charge in [-0.1, -0.05) is 6.07 Å². The number of carbonyl (C=O) groups excluding carboxylic acids is 2. The summed E-state index contributed by atoms with van der Waals surface area (Å²) in [6.45, 7) is 3.62. The number of amides is 3. The minimum absolute atomic E-state index is 0.00499. The molecule has 1 saturated heterocycles. The van der Waals surface area contributed by atoms with Crippen LogP contribution < -0.4 is 10.6 Å². The quantitative estimate of drug-likeness (QED) is 0.565. The molecule has 1 unspecified atom stereocenters. The van der Waals surface area contributed by atoms with Gasteiger partial charge in [-0.15, -0.1) is 11.3 Å². The lowest BCUT2D eigenvalue weighted by Gasteiger charge is -2.32. The van der Waals surface area contributed by atoms with E-state index in [1.807, 2.05) is 28.7 Å². The van der Waals surface area contributed by atoms with Crippen LogP contribution in [-0.2, 0) is 0 Å². The monoisotopic (exact) mass is 458 g/mol. The van der Waals surface area contributed by atoms with Crippen LogP contribution in [0.5, 0.6) is 0 Å². The van der Waals surface area contributed by atoms with Crippen LogP contribution in [0, 0.1) is 18.7 Å². The van der Waals surface area contributed by atoms with Crippen LogP contribution in [0.3, 0.4) is 0 Å². The molecule has 0 aliphatic carbocycles. The van der Waals surface area contributed by atoms with Crippen molar-refractivity contribution >= 4 is 40.3 Å². The number of thiazole rings is 1. The lowest BCUT2D eigenvalue weighted by atomic mass is 9.98. The Balaban J connectivity index is 1.33. The molecule has 1 aliphatic rings. The summed E-state index contributed by atoms with van der Waals surface area (Å²) >= 11 is 3.04. The Bertz CT molecular complexity index is 1070. The second-order valence-electron chi connectivity index (χ2n) is 7.55. The first-order valence-electron chi connectivity index (χ1n) is 10.1. The third-order valence-corrected chi connectivity index (χ3v) is 7.08. The number of piperidine rings is 1. The van der Waals surface area contributed by atoms with E-state index in [0.29, 0.717) is 30.2 Å². The van der Waals surface area contributed by atoms with Crippen LogP contribution in [0.2, 0.25) is 0 Å². The van der Waals surface area contributed by atoms with E-state index in [0.717, 1.165) is 29.1 Å². The topological polar surface area (TPSA) is 74.3 Å². The first kappa shape index (κ1) is 21.5. The number of hydrogen-bond donors (Lipinski definition) is 2. The fourth-order valence-corrected chi connectivity index (χ4v) is 5.39. The number of hydrogen-bond acceptors (Lipinski definition) is 5. The number of rotatable bonds is 5. The van der Waals surface area contributed by atoms with Gasteiger partial charge in [0.15, 0.2) is 0 Å². The second kappa shape index (κ2) is 9.57. The first-order chi connectivity index (χ1) is 15.0.